The number of benzene rings is 1. The summed E-state index contributed by atoms with van der Waals surface area (Å²) in [6, 6.07) is 10.5. The van der Waals surface area contributed by atoms with Gasteiger partial charge in [0, 0.05) is 69.4 Å². The molecule has 6 nitrogen and oxygen atoms in total. The summed E-state index contributed by atoms with van der Waals surface area (Å²) in [6.07, 6.45) is 4.64. The van der Waals surface area contributed by atoms with E-state index in [1.165, 1.54) is 17.7 Å². The Morgan fingerprint density at radius 1 is 1.07 bits per heavy atom. The summed E-state index contributed by atoms with van der Waals surface area (Å²) in [5.74, 6) is 2.56. The quantitative estimate of drug-likeness (QED) is 0.173. The van der Waals surface area contributed by atoms with Gasteiger partial charge in [0.05, 0.1) is 0 Å². The molecule has 1 amide bonds. The SMILES string of the molecule is CN=C(NCCSc1ccccc1)NCCN1CCN(C(=O)C2CCCC2)CC1.I. The summed E-state index contributed by atoms with van der Waals surface area (Å²) in [6.45, 7) is 6.41. The zero-order chi connectivity index (χ0) is 20.3. The van der Waals surface area contributed by atoms with Crippen LogP contribution in [0.2, 0.25) is 0 Å². The van der Waals surface area contributed by atoms with E-state index < -0.39 is 0 Å². The fourth-order valence-electron chi connectivity index (χ4n) is 4.03. The number of thioether (sulfide) groups is 1. The van der Waals surface area contributed by atoms with Crippen molar-refractivity contribution < 1.29 is 4.79 Å². The van der Waals surface area contributed by atoms with Crippen LogP contribution in [0.4, 0.5) is 0 Å². The first-order valence-electron chi connectivity index (χ1n) is 10.9. The van der Waals surface area contributed by atoms with E-state index in [2.05, 4.69) is 49.7 Å². The highest BCUT2D eigenvalue weighted by atomic mass is 127. The third-order valence-electron chi connectivity index (χ3n) is 5.74. The molecule has 0 bridgehead atoms. The van der Waals surface area contributed by atoms with Crippen molar-refractivity contribution in [1.29, 1.82) is 0 Å². The molecule has 1 aromatic rings. The standard InChI is InChI=1S/C22H35N5OS.HI/c1-23-22(25-12-18-29-20-9-3-2-4-10-20)24-11-13-26-14-16-27(17-15-26)21(28)19-7-5-6-8-19;/h2-4,9-10,19H,5-8,11-18H2,1H3,(H2,23,24,25);1H. The van der Waals surface area contributed by atoms with Gasteiger partial charge in [0.25, 0.3) is 0 Å². The second kappa shape index (κ2) is 14.1. The smallest absolute Gasteiger partial charge is 0.225 e. The van der Waals surface area contributed by atoms with Crippen molar-refractivity contribution in [2.75, 3.05) is 58.6 Å². The summed E-state index contributed by atoms with van der Waals surface area (Å²) in [5, 5.41) is 6.78. The molecule has 2 aliphatic rings. The van der Waals surface area contributed by atoms with Crippen LogP contribution in [0.15, 0.2) is 40.2 Å². The van der Waals surface area contributed by atoms with E-state index >= 15 is 0 Å². The predicted molar refractivity (Wildman–Crippen MR) is 137 cm³/mol. The number of hydrogen-bond acceptors (Lipinski definition) is 4. The Hall–Kier alpha value is -1.00. The molecule has 0 unspecified atom stereocenters. The van der Waals surface area contributed by atoms with Gasteiger partial charge in [-0.2, -0.15) is 0 Å². The molecule has 0 atom stereocenters. The second-order valence-corrected chi connectivity index (χ2v) is 8.90. The summed E-state index contributed by atoms with van der Waals surface area (Å²) >= 11 is 1.85. The van der Waals surface area contributed by atoms with Gasteiger partial charge in [0.2, 0.25) is 5.91 Å². The minimum Gasteiger partial charge on any atom is -0.356 e. The number of guanidine groups is 1. The van der Waals surface area contributed by atoms with Gasteiger partial charge in [0.1, 0.15) is 0 Å². The zero-order valence-electron chi connectivity index (χ0n) is 18.0. The summed E-state index contributed by atoms with van der Waals surface area (Å²) in [7, 11) is 1.81. The van der Waals surface area contributed by atoms with Gasteiger partial charge in [-0.05, 0) is 25.0 Å². The Morgan fingerprint density at radius 2 is 1.73 bits per heavy atom. The molecule has 0 aromatic heterocycles. The Morgan fingerprint density at radius 3 is 2.40 bits per heavy atom. The summed E-state index contributed by atoms with van der Waals surface area (Å²) < 4.78 is 0. The number of carbonyl (C=O) groups is 1. The first-order valence-corrected chi connectivity index (χ1v) is 11.9. The van der Waals surface area contributed by atoms with Crippen LogP contribution < -0.4 is 10.6 Å². The van der Waals surface area contributed by atoms with Crippen molar-refractivity contribution in [1.82, 2.24) is 20.4 Å². The van der Waals surface area contributed by atoms with Crippen LogP contribution in [0.1, 0.15) is 25.7 Å². The maximum atomic E-state index is 12.5. The van der Waals surface area contributed by atoms with E-state index in [1.807, 2.05) is 24.9 Å². The van der Waals surface area contributed by atoms with Crippen LogP contribution >= 0.6 is 35.7 Å². The minimum absolute atomic E-state index is 0. The van der Waals surface area contributed by atoms with Gasteiger partial charge >= 0.3 is 0 Å². The Balaban J connectivity index is 0.00000320. The van der Waals surface area contributed by atoms with Gasteiger partial charge in [-0.25, -0.2) is 0 Å². The average Bonchev–Trinajstić information content (AvgIpc) is 3.31. The van der Waals surface area contributed by atoms with Crippen molar-refractivity contribution in [3.8, 4) is 0 Å². The molecule has 1 saturated carbocycles. The molecular weight excluding hydrogens is 509 g/mol. The Bertz CT molecular complexity index is 646. The lowest BCUT2D eigenvalue weighted by atomic mass is 10.1. The molecule has 1 heterocycles. The van der Waals surface area contributed by atoms with E-state index in [0.717, 1.165) is 70.4 Å². The molecule has 1 aliphatic heterocycles. The molecule has 8 heteroatoms. The van der Waals surface area contributed by atoms with Crippen LogP contribution in [0.3, 0.4) is 0 Å². The van der Waals surface area contributed by atoms with E-state index in [0.29, 0.717) is 11.8 Å². The third kappa shape index (κ3) is 8.26. The maximum absolute atomic E-state index is 12.5. The van der Waals surface area contributed by atoms with Crippen molar-refractivity contribution in [2.24, 2.45) is 10.9 Å². The van der Waals surface area contributed by atoms with Crippen molar-refractivity contribution in [3.63, 3.8) is 0 Å². The molecule has 1 saturated heterocycles. The van der Waals surface area contributed by atoms with Crippen LogP contribution in [-0.4, -0.2) is 80.3 Å². The molecule has 2 N–H and O–H groups in total. The van der Waals surface area contributed by atoms with Crippen molar-refractivity contribution >= 4 is 47.6 Å². The number of hydrogen-bond donors (Lipinski definition) is 2. The lowest BCUT2D eigenvalue weighted by Gasteiger charge is -2.36. The van der Waals surface area contributed by atoms with Crippen molar-refractivity contribution in [2.45, 2.75) is 30.6 Å². The van der Waals surface area contributed by atoms with Crippen LogP contribution in [0.5, 0.6) is 0 Å². The number of carbonyl (C=O) groups excluding carboxylic acids is 1. The lowest BCUT2D eigenvalue weighted by molar-refractivity contribution is -0.137. The third-order valence-corrected chi connectivity index (χ3v) is 6.75. The molecule has 2 fully saturated rings. The molecule has 1 aromatic carbocycles. The number of nitrogens with one attached hydrogen (secondary N) is 2. The number of rotatable bonds is 8. The number of nitrogens with zero attached hydrogens (tertiary/aromatic N) is 3. The van der Waals surface area contributed by atoms with E-state index in [-0.39, 0.29) is 24.0 Å². The number of halogens is 1. The molecule has 0 spiro atoms. The Kier molecular flexibility index (Phi) is 11.9. The van der Waals surface area contributed by atoms with Crippen LogP contribution in [0.25, 0.3) is 0 Å². The fraction of sp³-hybridized carbons (Fsp3) is 0.636. The Labute approximate surface area is 202 Å². The maximum Gasteiger partial charge on any atom is 0.225 e. The lowest BCUT2D eigenvalue weighted by Crippen LogP contribution is -2.52. The van der Waals surface area contributed by atoms with E-state index in [9.17, 15) is 4.79 Å². The number of aliphatic imine (C=N–C) groups is 1. The topological polar surface area (TPSA) is 60.0 Å². The number of piperazine rings is 1. The second-order valence-electron chi connectivity index (χ2n) is 7.74. The molecule has 1 aliphatic carbocycles. The average molecular weight is 546 g/mol. The van der Waals surface area contributed by atoms with Gasteiger partial charge in [0.15, 0.2) is 5.96 Å². The van der Waals surface area contributed by atoms with Gasteiger partial charge in [-0.3, -0.25) is 14.7 Å². The molecule has 3 rings (SSSR count). The molecule has 168 valence electrons. The van der Waals surface area contributed by atoms with E-state index in [1.54, 1.807) is 0 Å². The minimum atomic E-state index is 0. The number of amides is 1. The molecular formula is C22H36IN5OS. The first kappa shape index (κ1) is 25.3. The zero-order valence-corrected chi connectivity index (χ0v) is 21.2. The highest BCUT2D eigenvalue weighted by Crippen LogP contribution is 2.26. The molecule has 30 heavy (non-hydrogen) atoms. The largest absolute Gasteiger partial charge is 0.356 e. The van der Waals surface area contributed by atoms with E-state index in [4.69, 9.17) is 0 Å². The van der Waals surface area contributed by atoms with Crippen LogP contribution in [0, 0.1) is 5.92 Å². The van der Waals surface area contributed by atoms with Crippen LogP contribution in [-0.2, 0) is 4.79 Å². The summed E-state index contributed by atoms with van der Waals surface area (Å²) in [4.78, 5) is 22.7. The summed E-state index contributed by atoms with van der Waals surface area (Å²) in [5.41, 5.74) is 0. The predicted octanol–water partition coefficient (Wildman–Crippen LogP) is 2.90. The van der Waals surface area contributed by atoms with Crippen molar-refractivity contribution in [3.05, 3.63) is 30.3 Å². The molecule has 0 radical (unpaired) electrons. The van der Waals surface area contributed by atoms with Gasteiger partial charge in [-0.15, -0.1) is 35.7 Å². The highest BCUT2D eigenvalue weighted by molar-refractivity contribution is 14.0. The first-order chi connectivity index (χ1) is 14.3. The highest BCUT2D eigenvalue weighted by Gasteiger charge is 2.29. The van der Waals surface area contributed by atoms with Gasteiger partial charge in [-0.1, -0.05) is 31.0 Å². The van der Waals surface area contributed by atoms with Gasteiger partial charge < -0.3 is 15.5 Å². The monoisotopic (exact) mass is 545 g/mol. The normalized spacial score (nSPS) is 18.2. The fourth-order valence-corrected chi connectivity index (χ4v) is 4.82.